The second-order valence-corrected chi connectivity index (χ2v) is 5.72. The largest absolute Gasteiger partial charge is 0.378 e. The smallest absolute Gasteiger partial charge is 0.227 e. The highest BCUT2D eigenvalue weighted by Crippen LogP contribution is 2.15. The number of halogens is 1. The third kappa shape index (κ3) is 3.93. The molecule has 4 nitrogen and oxygen atoms in total. The third-order valence-electron chi connectivity index (χ3n) is 2.90. The normalized spacial score (nSPS) is 23.9. The summed E-state index contributed by atoms with van der Waals surface area (Å²) in [7, 11) is 0. The molecule has 0 spiro atoms. The van der Waals surface area contributed by atoms with E-state index in [-0.39, 0.29) is 18.1 Å². The van der Waals surface area contributed by atoms with Gasteiger partial charge >= 0.3 is 0 Å². The molecule has 1 aromatic heterocycles. The van der Waals surface area contributed by atoms with Crippen LogP contribution in [0, 0.1) is 0 Å². The molecule has 2 atom stereocenters. The molecule has 18 heavy (non-hydrogen) atoms. The number of aromatic nitrogens is 1. The summed E-state index contributed by atoms with van der Waals surface area (Å²) in [4.78, 5) is 16.1. The molecule has 6 heteroatoms. The third-order valence-corrected chi connectivity index (χ3v) is 4.07. The molecule has 1 fully saturated rings. The van der Waals surface area contributed by atoms with Crippen molar-refractivity contribution in [2.75, 3.05) is 6.61 Å². The second kappa shape index (κ2) is 6.50. The maximum absolute atomic E-state index is 11.9. The average molecular weight is 289 g/mol. The number of nitrogens with zero attached hydrogens (tertiary/aromatic N) is 1. The molecule has 0 bridgehead atoms. The first-order valence-corrected chi connectivity index (χ1v) is 7.49. The lowest BCUT2D eigenvalue weighted by molar-refractivity contribution is -0.122. The van der Waals surface area contributed by atoms with Gasteiger partial charge in [-0.05, 0) is 19.8 Å². The minimum Gasteiger partial charge on any atom is -0.378 e. The molecule has 0 aromatic carbocycles. The minimum absolute atomic E-state index is 0.0320. The van der Waals surface area contributed by atoms with E-state index in [0.717, 1.165) is 30.2 Å². The van der Waals surface area contributed by atoms with E-state index < -0.39 is 0 Å². The van der Waals surface area contributed by atoms with Crippen LogP contribution in [0.4, 0.5) is 0 Å². The molecule has 2 rings (SSSR count). The Balaban J connectivity index is 1.81. The topological polar surface area (TPSA) is 51.2 Å². The fourth-order valence-electron chi connectivity index (χ4n) is 2.04. The summed E-state index contributed by atoms with van der Waals surface area (Å²) in [5.74, 6) is 0.430. The maximum Gasteiger partial charge on any atom is 0.227 e. The van der Waals surface area contributed by atoms with E-state index in [0.29, 0.717) is 12.3 Å². The van der Waals surface area contributed by atoms with Crippen LogP contribution < -0.4 is 5.32 Å². The van der Waals surface area contributed by atoms with Crippen molar-refractivity contribution in [3.63, 3.8) is 0 Å². The Morgan fingerprint density at radius 2 is 2.56 bits per heavy atom. The molecule has 100 valence electrons. The van der Waals surface area contributed by atoms with Gasteiger partial charge in [-0.25, -0.2) is 4.98 Å². The predicted octanol–water partition coefficient (Wildman–Crippen LogP) is 2.11. The van der Waals surface area contributed by atoms with Crippen molar-refractivity contribution >= 4 is 28.8 Å². The molecule has 2 heterocycles. The number of thiazole rings is 1. The number of hydrogen-bond donors (Lipinski definition) is 1. The summed E-state index contributed by atoms with van der Waals surface area (Å²) in [5, 5.41) is 5.76. The Bertz CT molecular complexity index is 411. The number of alkyl halides is 1. The number of ether oxygens (including phenoxy) is 1. The van der Waals surface area contributed by atoms with Crippen LogP contribution in [0.3, 0.4) is 0 Å². The number of carbonyl (C=O) groups excluding carboxylic acids is 1. The highest BCUT2D eigenvalue weighted by atomic mass is 35.5. The molecule has 1 amide bonds. The van der Waals surface area contributed by atoms with E-state index in [9.17, 15) is 4.79 Å². The summed E-state index contributed by atoms with van der Waals surface area (Å²) in [6.07, 6.45) is 2.34. The van der Waals surface area contributed by atoms with Gasteiger partial charge in [-0.1, -0.05) is 0 Å². The first-order valence-electron chi connectivity index (χ1n) is 6.07. The maximum atomic E-state index is 11.9. The zero-order valence-corrected chi connectivity index (χ0v) is 11.9. The first-order chi connectivity index (χ1) is 8.67. The van der Waals surface area contributed by atoms with Crippen molar-refractivity contribution in [3.8, 4) is 0 Å². The van der Waals surface area contributed by atoms with Crippen molar-refractivity contribution in [3.05, 3.63) is 16.1 Å². The number of rotatable bonds is 4. The number of hydrogen-bond acceptors (Lipinski definition) is 4. The number of amides is 1. The molecule has 0 aliphatic carbocycles. The van der Waals surface area contributed by atoms with Crippen LogP contribution in [0.25, 0.3) is 0 Å². The molecule has 2 unspecified atom stereocenters. The van der Waals surface area contributed by atoms with E-state index in [4.69, 9.17) is 16.3 Å². The van der Waals surface area contributed by atoms with E-state index in [2.05, 4.69) is 10.3 Å². The van der Waals surface area contributed by atoms with Crippen molar-refractivity contribution in [1.82, 2.24) is 10.3 Å². The van der Waals surface area contributed by atoms with E-state index in [1.807, 2.05) is 12.3 Å². The van der Waals surface area contributed by atoms with Crippen LogP contribution >= 0.6 is 22.9 Å². The van der Waals surface area contributed by atoms with Gasteiger partial charge in [0.2, 0.25) is 5.91 Å². The summed E-state index contributed by atoms with van der Waals surface area (Å²) in [6, 6.07) is 0.230. The summed E-state index contributed by atoms with van der Waals surface area (Å²) in [5.41, 5.74) is 0.837. The van der Waals surface area contributed by atoms with Crippen LogP contribution in [0.2, 0.25) is 0 Å². The fraction of sp³-hybridized carbons (Fsp3) is 0.667. The summed E-state index contributed by atoms with van der Waals surface area (Å²) < 4.78 is 5.45. The molecule has 1 saturated heterocycles. The predicted molar refractivity (Wildman–Crippen MR) is 72.0 cm³/mol. The molecule has 0 saturated carbocycles. The summed E-state index contributed by atoms with van der Waals surface area (Å²) in [6.45, 7) is 2.76. The quantitative estimate of drug-likeness (QED) is 0.864. The van der Waals surface area contributed by atoms with Crippen LogP contribution in [-0.4, -0.2) is 29.6 Å². The van der Waals surface area contributed by atoms with Gasteiger partial charge in [0.1, 0.15) is 5.01 Å². The van der Waals surface area contributed by atoms with Crippen LogP contribution in [0.5, 0.6) is 0 Å². The average Bonchev–Trinajstić information content (AvgIpc) is 2.76. The van der Waals surface area contributed by atoms with Crippen LogP contribution in [0.15, 0.2) is 5.38 Å². The van der Waals surface area contributed by atoms with E-state index >= 15 is 0 Å². The Morgan fingerprint density at radius 3 is 3.22 bits per heavy atom. The number of carbonyl (C=O) groups is 1. The monoisotopic (exact) mass is 288 g/mol. The lowest BCUT2D eigenvalue weighted by Gasteiger charge is -2.27. The second-order valence-electron chi connectivity index (χ2n) is 4.51. The van der Waals surface area contributed by atoms with Gasteiger partial charge in [-0.15, -0.1) is 22.9 Å². The Kier molecular flexibility index (Phi) is 4.97. The van der Waals surface area contributed by atoms with Crippen LogP contribution in [0.1, 0.15) is 30.5 Å². The minimum atomic E-state index is 0.0320. The summed E-state index contributed by atoms with van der Waals surface area (Å²) >= 11 is 7.16. The number of nitrogens with one attached hydrogen (secondary N) is 1. The molecule has 0 radical (unpaired) electrons. The van der Waals surface area contributed by atoms with Gasteiger partial charge in [0.25, 0.3) is 0 Å². The molecule has 1 aromatic rings. The SMILES string of the molecule is CC1CC(NC(=O)Cc2nc(CCl)cs2)CCO1. The van der Waals surface area contributed by atoms with E-state index in [1.165, 1.54) is 11.3 Å². The fourth-order valence-corrected chi connectivity index (χ4v) is 3.06. The highest BCUT2D eigenvalue weighted by molar-refractivity contribution is 7.09. The molecular weight excluding hydrogens is 272 g/mol. The van der Waals surface area contributed by atoms with Crippen LogP contribution in [-0.2, 0) is 21.8 Å². The Morgan fingerprint density at radius 1 is 1.72 bits per heavy atom. The molecule has 1 N–H and O–H groups in total. The first kappa shape index (κ1) is 13.8. The van der Waals surface area contributed by atoms with E-state index in [1.54, 1.807) is 0 Å². The van der Waals surface area contributed by atoms with Gasteiger partial charge in [-0.2, -0.15) is 0 Å². The van der Waals surface area contributed by atoms with Gasteiger partial charge in [0.05, 0.1) is 24.1 Å². The zero-order valence-electron chi connectivity index (χ0n) is 10.3. The van der Waals surface area contributed by atoms with Crippen molar-refractivity contribution in [1.29, 1.82) is 0 Å². The lowest BCUT2D eigenvalue weighted by atomic mass is 10.0. The standard InChI is InChI=1S/C12H17ClN2O2S/c1-8-4-9(2-3-17-8)14-11(16)5-12-15-10(6-13)7-18-12/h7-9H,2-6H2,1H3,(H,14,16). The van der Waals surface area contributed by atoms with Gasteiger partial charge in [0.15, 0.2) is 0 Å². The Labute approximate surface area is 116 Å². The molecule has 1 aliphatic rings. The molecule has 1 aliphatic heterocycles. The Hall–Kier alpha value is -0.650. The molecular formula is C12H17ClN2O2S. The van der Waals surface area contributed by atoms with Gasteiger partial charge in [-0.3, -0.25) is 4.79 Å². The van der Waals surface area contributed by atoms with Gasteiger partial charge < -0.3 is 10.1 Å². The van der Waals surface area contributed by atoms with Gasteiger partial charge in [0, 0.05) is 18.0 Å². The highest BCUT2D eigenvalue weighted by Gasteiger charge is 2.21. The lowest BCUT2D eigenvalue weighted by Crippen LogP contribution is -2.41. The van der Waals surface area contributed by atoms with Crippen molar-refractivity contribution in [2.45, 2.75) is 44.2 Å². The van der Waals surface area contributed by atoms with Crippen molar-refractivity contribution in [2.24, 2.45) is 0 Å². The van der Waals surface area contributed by atoms with Crippen molar-refractivity contribution < 1.29 is 9.53 Å². The zero-order chi connectivity index (χ0) is 13.0.